The number of aromatic nitrogens is 1. The largest absolute Gasteiger partial charge is 0.573 e. The molecule has 0 saturated carbocycles. The van der Waals surface area contributed by atoms with Crippen LogP contribution < -0.4 is 4.74 Å². The lowest BCUT2D eigenvalue weighted by atomic mass is 10.2. The summed E-state index contributed by atoms with van der Waals surface area (Å²) in [5.41, 5.74) is -2.42. The molecule has 1 aromatic heterocycles. The van der Waals surface area contributed by atoms with Crippen molar-refractivity contribution in [3.63, 3.8) is 0 Å². The van der Waals surface area contributed by atoms with Crippen LogP contribution in [0.4, 0.5) is 32.2 Å². The normalized spacial score (nSPS) is 12.3. The molecular formula is C7H2F6N2O4. The fraction of sp³-hybridized carbons (Fsp3) is 0.286. The molecule has 0 fully saturated rings. The molecule has 0 amide bonds. The zero-order valence-electron chi connectivity index (χ0n) is 8.41. The second kappa shape index (κ2) is 4.44. The van der Waals surface area contributed by atoms with Gasteiger partial charge in [-0.2, -0.15) is 13.2 Å². The van der Waals surface area contributed by atoms with Crippen molar-refractivity contribution in [2.45, 2.75) is 12.5 Å². The zero-order chi connectivity index (χ0) is 15.0. The third-order valence-corrected chi connectivity index (χ3v) is 1.67. The molecule has 106 valence electrons. The summed E-state index contributed by atoms with van der Waals surface area (Å²) < 4.78 is 76.3. The van der Waals surface area contributed by atoms with Crippen molar-refractivity contribution in [1.29, 1.82) is 0 Å². The highest BCUT2D eigenvalue weighted by molar-refractivity contribution is 5.53. The van der Waals surface area contributed by atoms with Crippen LogP contribution in [0.5, 0.6) is 11.5 Å². The molecule has 12 heteroatoms. The van der Waals surface area contributed by atoms with E-state index in [9.17, 15) is 36.5 Å². The number of hydrogen-bond acceptors (Lipinski definition) is 5. The Labute approximate surface area is 98.9 Å². The van der Waals surface area contributed by atoms with E-state index < -0.39 is 40.3 Å². The van der Waals surface area contributed by atoms with Gasteiger partial charge in [-0.1, -0.05) is 0 Å². The van der Waals surface area contributed by atoms with Gasteiger partial charge in [-0.05, 0) is 9.91 Å². The van der Waals surface area contributed by atoms with Crippen molar-refractivity contribution in [3.8, 4) is 11.5 Å². The number of nitrogens with zero attached hydrogens (tertiary/aromatic N) is 2. The van der Waals surface area contributed by atoms with E-state index in [0.717, 1.165) is 0 Å². The maximum absolute atomic E-state index is 12.5. The Balaban J connectivity index is 3.59. The average Bonchev–Trinajstić information content (AvgIpc) is 2.16. The number of alkyl halides is 6. The molecule has 1 N–H and O–H groups in total. The average molecular weight is 292 g/mol. The van der Waals surface area contributed by atoms with Gasteiger partial charge in [0.25, 0.3) is 0 Å². The minimum absolute atomic E-state index is 0.0500. The molecular weight excluding hydrogens is 290 g/mol. The predicted octanol–water partition coefficient (Wildman–Crippen LogP) is 2.61. The molecule has 0 aliphatic rings. The molecule has 1 heterocycles. The van der Waals surface area contributed by atoms with Gasteiger partial charge in [-0.15, -0.1) is 13.2 Å². The summed E-state index contributed by atoms with van der Waals surface area (Å²) in [5.74, 6) is -5.67. The Hall–Kier alpha value is -2.27. The Bertz CT molecular complexity index is 512. The Morgan fingerprint density at radius 2 is 1.79 bits per heavy atom. The summed E-state index contributed by atoms with van der Waals surface area (Å²) in [7, 11) is 0. The third-order valence-electron chi connectivity index (χ3n) is 1.67. The minimum atomic E-state index is -5.58. The van der Waals surface area contributed by atoms with Crippen LogP contribution >= 0.6 is 0 Å². The predicted molar refractivity (Wildman–Crippen MR) is 44.2 cm³/mol. The van der Waals surface area contributed by atoms with Crippen LogP contribution in [0, 0.1) is 10.1 Å². The van der Waals surface area contributed by atoms with Crippen LogP contribution in [0.15, 0.2) is 6.20 Å². The first-order chi connectivity index (χ1) is 8.43. The first-order valence-corrected chi connectivity index (χ1v) is 4.12. The second-order valence-corrected chi connectivity index (χ2v) is 2.97. The first kappa shape index (κ1) is 14.8. The van der Waals surface area contributed by atoms with Gasteiger partial charge < -0.3 is 20.0 Å². The number of hydrogen-bond donors (Lipinski definition) is 1. The topological polar surface area (TPSA) is 85.5 Å². The number of halogens is 6. The van der Waals surface area contributed by atoms with E-state index >= 15 is 0 Å². The number of rotatable bonds is 2. The van der Waals surface area contributed by atoms with Gasteiger partial charge in [-0.25, -0.2) is 0 Å². The lowest BCUT2D eigenvalue weighted by molar-refractivity contribution is -0.393. The fourth-order valence-corrected chi connectivity index (χ4v) is 1.09. The SMILES string of the molecule is O=[N+]([O-])c1ncc(O)c(OC(F)(F)F)c1C(F)(F)F. The van der Waals surface area contributed by atoms with E-state index in [2.05, 4.69) is 9.72 Å². The molecule has 0 unspecified atom stereocenters. The Morgan fingerprint density at radius 3 is 2.16 bits per heavy atom. The summed E-state index contributed by atoms with van der Waals surface area (Å²) in [6.07, 6.45) is -11.1. The fourth-order valence-electron chi connectivity index (χ4n) is 1.09. The van der Waals surface area contributed by atoms with E-state index in [1.165, 1.54) is 0 Å². The van der Waals surface area contributed by atoms with Crippen molar-refractivity contribution in [1.82, 2.24) is 4.98 Å². The first-order valence-electron chi connectivity index (χ1n) is 4.12. The van der Waals surface area contributed by atoms with Crippen LogP contribution in [0.3, 0.4) is 0 Å². The Kier molecular flexibility index (Phi) is 3.45. The summed E-state index contributed by atoms with van der Waals surface area (Å²) in [4.78, 5) is 11.3. The molecule has 0 aliphatic carbocycles. The van der Waals surface area contributed by atoms with Crippen molar-refractivity contribution in [2.75, 3.05) is 0 Å². The van der Waals surface area contributed by atoms with E-state index in [-0.39, 0.29) is 6.20 Å². The van der Waals surface area contributed by atoms with Crippen molar-refractivity contribution >= 4 is 5.82 Å². The molecule has 0 aromatic carbocycles. The van der Waals surface area contributed by atoms with Crippen LogP contribution in [0.25, 0.3) is 0 Å². The second-order valence-electron chi connectivity index (χ2n) is 2.97. The lowest BCUT2D eigenvalue weighted by Gasteiger charge is -2.15. The highest BCUT2D eigenvalue weighted by Gasteiger charge is 2.47. The minimum Gasteiger partial charge on any atom is -0.502 e. The highest BCUT2D eigenvalue weighted by atomic mass is 19.4. The summed E-state index contributed by atoms with van der Waals surface area (Å²) in [6, 6.07) is 0. The molecule has 0 aliphatic heterocycles. The van der Waals surface area contributed by atoms with Crippen molar-refractivity contribution in [3.05, 3.63) is 21.9 Å². The summed E-state index contributed by atoms with van der Waals surface area (Å²) in [6.45, 7) is 0. The molecule has 0 spiro atoms. The maximum Gasteiger partial charge on any atom is 0.573 e. The van der Waals surface area contributed by atoms with Crippen molar-refractivity contribution in [2.24, 2.45) is 0 Å². The number of pyridine rings is 1. The van der Waals surface area contributed by atoms with Gasteiger partial charge >= 0.3 is 18.4 Å². The van der Waals surface area contributed by atoms with Gasteiger partial charge in [0.05, 0.1) is 0 Å². The number of ether oxygens (including phenoxy) is 1. The van der Waals surface area contributed by atoms with Crippen LogP contribution in [0.2, 0.25) is 0 Å². The van der Waals surface area contributed by atoms with E-state index in [1.54, 1.807) is 0 Å². The summed E-state index contributed by atoms with van der Waals surface area (Å²) in [5, 5.41) is 19.2. The molecule has 1 rings (SSSR count). The molecule has 0 atom stereocenters. The molecule has 6 nitrogen and oxygen atoms in total. The number of nitro groups is 1. The standard InChI is InChI=1S/C7H2F6N2O4/c8-6(9,10)3-4(19-7(11,12)13)2(16)1-14-5(3)15(17)18/h1,16H. The molecule has 19 heavy (non-hydrogen) atoms. The van der Waals surface area contributed by atoms with Gasteiger partial charge in [0.15, 0.2) is 17.5 Å². The van der Waals surface area contributed by atoms with Crippen LogP contribution in [0.1, 0.15) is 5.56 Å². The third kappa shape index (κ3) is 3.35. The molecule has 1 aromatic rings. The molecule has 0 bridgehead atoms. The van der Waals surface area contributed by atoms with Gasteiger partial charge in [-0.3, -0.25) is 0 Å². The quantitative estimate of drug-likeness (QED) is 0.514. The van der Waals surface area contributed by atoms with Crippen molar-refractivity contribution < 1.29 is 41.1 Å². The summed E-state index contributed by atoms with van der Waals surface area (Å²) >= 11 is 0. The molecule has 0 saturated heterocycles. The number of aromatic hydroxyl groups is 1. The van der Waals surface area contributed by atoms with E-state index in [1.807, 2.05) is 0 Å². The monoisotopic (exact) mass is 292 g/mol. The smallest absolute Gasteiger partial charge is 0.502 e. The van der Waals surface area contributed by atoms with Crippen LogP contribution in [-0.4, -0.2) is 21.4 Å². The van der Waals surface area contributed by atoms with E-state index in [0.29, 0.717) is 0 Å². The maximum atomic E-state index is 12.5. The zero-order valence-corrected chi connectivity index (χ0v) is 8.41. The lowest BCUT2D eigenvalue weighted by Crippen LogP contribution is -2.21. The van der Waals surface area contributed by atoms with E-state index in [4.69, 9.17) is 5.11 Å². The highest BCUT2D eigenvalue weighted by Crippen LogP contribution is 2.46. The van der Waals surface area contributed by atoms with Crippen LogP contribution in [-0.2, 0) is 6.18 Å². The molecule has 0 radical (unpaired) electrons. The van der Waals surface area contributed by atoms with Gasteiger partial charge in [0.2, 0.25) is 5.75 Å². The Morgan fingerprint density at radius 1 is 1.26 bits per heavy atom. The van der Waals surface area contributed by atoms with Gasteiger partial charge in [0, 0.05) is 0 Å². The van der Waals surface area contributed by atoms with Gasteiger partial charge in [0.1, 0.15) is 0 Å².